The number of imidazole rings is 1. The molecule has 2 aromatic heterocycles. The van der Waals surface area contributed by atoms with Gasteiger partial charge in [0, 0.05) is 40.8 Å². The average molecular weight is 829 g/mol. The molecule has 1 aliphatic heterocycles. The molecule has 1 unspecified atom stereocenters. The summed E-state index contributed by atoms with van der Waals surface area (Å²) in [6.45, 7) is 2.69. The third kappa shape index (κ3) is 6.79. The zero-order valence-corrected chi connectivity index (χ0v) is 30.7. The van der Waals surface area contributed by atoms with Crippen molar-refractivity contribution in [1.29, 1.82) is 0 Å². The van der Waals surface area contributed by atoms with Gasteiger partial charge in [-0.25, -0.2) is 9.78 Å². The largest absolute Gasteiger partial charge is 0.575 e. The number of aliphatic hydroxyl groups excluding tert-OH is 1. The van der Waals surface area contributed by atoms with Crippen LogP contribution < -0.4 is 24.6 Å². The fourth-order valence-corrected chi connectivity index (χ4v) is 7.89. The normalized spacial score (nSPS) is 22.6. The van der Waals surface area contributed by atoms with Crippen LogP contribution in [0.5, 0.6) is 17.4 Å². The number of hydrogen-bond donors (Lipinski definition) is 3. The Balaban J connectivity index is 1.09. The molecule has 6 atom stereocenters. The van der Waals surface area contributed by atoms with Crippen LogP contribution >= 0.6 is 30.8 Å². The second-order valence-electron chi connectivity index (χ2n) is 12.5. The number of carbonyl (C=O) groups is 1. The molecule has 15 nitrogen and oxygen atoms in total. The average Bonchev–Trinajstić information content (AvgIpc) is 3.73. The Morgan fingerprint density at radius 3 is 2.59 bits per heavy atom. The predicted molar refractivity (Wildman–Crippen MR) is 192 cm³/mol. The molecular weight excluding hydrogens is 794 g/mol. The van der Waals surface area contributed by atoms with Gasteiger partial charge in [0.05, 0.1) is 7.11 Å². The quantitative estimate of drug-likeness (QED) is 0.0797. The predicted octanol–water partition coefficient (Wildman–Crippen LogP) is 3.60. The number of esters is 1. The minimum Gasteiger partial charge on any atom is -0.575 e. The van der Waals surface area contributed by atoms with Crippen LogP contribution in [0.1, 0.15) is 31.2 Å². The number of hydrogen-bond acceptors (Lipinski definition) is 14. The Morgan fingerprint density at radius 2 is 1.86 bits per heavy atom. The van der Waals surface area contributed by atoms with Crippen LogP contribution in [0.2, 0.25) is 0 Å². The summed E-state index contributed by atoms with van der Waals surface area (Å²) in [4.78, 5) is 39.0. The number of halogens is 1. The van der Waals surface area contributed by atoms with Crippen molar-refractivity contribution in [2.24, 2.45) is 4.74 Å². The van der Waals surface area contributed by atoms with E-state index in [-0.39, 0.29) is 41.7 Å². The van der Waals surface area contributed by atoms with E-state index in [2.05, 4.69) is 19.7 Å². The Labute approximate surface area is 306 Å². The number of nitrogens with zero attached hydrogens (tertiary/aromatic N) is 5. The number of methoxy groups -OCH3 is 1. The van der Waals surface area contributed by atoms with Gasteiger partial charge in [-0.3, -0.25) is 9.09 Å². The third-order valence-corrected chi connectivity index (χ3v) is 10.6. The van der Waals surface area contributed by atoms with Crippen molar-refractivity contribution in [1.82, 2.24) is 19.5 Å². The Kier molecular flexibility index (Phi) is 9.73. The topological polar surface area (TPSA) is 209 Å². The van der Waals surface area contributed by atoms with E-state index in [4.69, 9.17) is 29.2 Å². The molecule has 0 radical (unpaired) electrons. The summed E-state index contributed by atoms with van der Waals surface area (Å²) in [5, 5.41) is 24.1. The van der Waals surface area contributed by atoms with E-state index in [1.54, 1.807) is 24.3 Å². The number of nitrogens with two attached hydrogens (primary N) is 1. The van der Waals surface area contributed by atoms with Gasteiger partial charge >= 0.3 is 14.1 Å². The van der Waals surface area contributed by atoms with Gasteiger partial charge in [0.25, 0.3) is 0 Å². The fraction of sp³-hybridized carbons (Fsp3) is 0.353. The first-order valence-electron chi connectivity index (χ1n) is 16.0. The number of ether oxygens (including phenoxy) is 4. The molecule has 1 saturated heterocycles. The van der Waals surface area contributed by atoms with Crippen molar-refractivity contribution in [3.63, 3.8) is 0 Å². The molecule has 3 heterocycles. The molecule has 17 heteroatoms. The van der Waals surface area contributed by atoms with Crippen molar-refractivity contribution in [3.05, 3.63) is 75.6 Å². The lowest BCUT2D eigenvalue weighted by atomic mass is 9.96. The molecule has 0 bridgehead atoms. The van der Waals surface area contributed by atoms with Crippen molar-refractivity contribution >= 4 is 64.6 Å². The van der Waals surface area contributed by atoms with Crippen molar-refractivity contribution < 1.29 is 43.4 Å². The molecule has 4 N–H and O–H groups in total. The van der Waals surface area contributed by atoms with E-state index >= 15 is 0 Å². The van der Waals surface area contributed by atoms with E-state index in [0.29, 0.717) is 27.6 Å². The van der Waals surface area contributed by atoms with Crippen LogP contribution in [0, 0.1) is 3.83 Å². The summed E-state index contributed by atoms with van der Waals surface area (Å²) in [7, 11) is -1.33. The summed E-state index contributed by atoms with van der Waals surface area (Å²) in [6.07, 6.45) is -2.72. The lowest BCUT2D eigenvalue weighted by Crippen LogP contribution is -2.45. The van der Waals surface area contributed by atoms with Gasteiger partial charge in [-0.05, 0) is 36.4 Å². The van der Waals surface area contributed by atoms with E-state index in [1.165, 1.54) is 25.5 Å². The van der Waals surface area contributed by atoms with Crippen LogP contribution in [-0.2, 0) is 27.1 Å². The Hall–Kier alpha value is -4.19. The molecule has 0 amide bonds. The van der Waals surface area contributed by atoms with E-state index < -0.39 is 44.2 Å². The van der Waals surface area contributed by atoms with Crippen LogP contribution in [0.15, 0.2) is 65.4 Å². The Bertz CT molecular complexity index is 2140. The van der Waals surface area contributed by atoms with Crippen LogP contribution in [-0.4, -0.2) is 79.4 Å². The standard InChI is InChI=1S/C34H34IN6O9P/c1-17(30(43)48-21-14-19-9-4-5-10-20(19)15-21)40-51(45)50-26-22-11-7-6-8-18(22)12-13-23(26)47-16-24-27(42)34(2,44)31(49-24)41-28-25(37-32(41)35)29(46-3)39-33(36)38-28/h4-13,17,21,24,27,31,42,44H,14-16H2,1-3H3,(H2,36,38,39)/t17-,24+,27+,31+,34+/m0/s1. The first-order valence-corrected chi connectivity index (χ1v) is 18.2. The highest BCUT2D eigenvalue weighted by atomic mass is 127. The lowest BCUT2D eigenvalue weighted by molar-refractivity contribution is -0.170. The summed E-state index contributed by atoms with van der Waals surface area (Å²) in [5.41, 5.74) is 6.90. The number of fused-ring (bicyclic) bond motifs is 3. The first-order chi connectivity index (χ1) is 24.4. The highest BCUT2D eigenvalue weighted by Crippen LogP contribution is 2.44. The molecule has 51 heavy (non-hydrogen) atoms. The zero-order valence-electron chi connectivity index (χ0n) is 27.7. The number of nitrogen functional groups attached to an aromatic ring is 1. The van der Waals surface area contributed by atoms with Crippen molar-refractivity contribution in [2.45, 2.75) is 62.9 Å². The molecule has 0 saturated carbocycles. The van der Waals surface area contributed by atoms with Crippen molar-refractivity contribution in [2.75, 3.05) is 19.5 Å². The van der Waals surface area contributed by atoms with E-state index in [1.807, 2.05) is 59.0 Å². The van der Waals surface area contributed by atoms with Gasteiger partial charge in [0.2, 0.25) is 17.6 Å². The molecule has 5 aromatic rings. The van der Waals surface area contributed by atoms with Gasteiger partial charge in [-0.15, -0.1) is 0 Å². The SMILES string of the molecule is COc1nc(N)nc2c1nc(I)n2[C@@H]1O[C@H](COc2ccc3ccccc3c2O[P+]([O-])=N[C@@H](C)C(=O)OC2Cc3ccccc3C2)[C@@H](O)[C@@]1(C)O. The van der Waals surface area contributed by atoms with Crippen LogP contribution in [0.25, 0.3) is 21.9 Å². The minimum atomic E-state index is -2.76. The lowest BCUT2D eigenvalue weighted by Gasteiger charge is -2.27. The summed E-state index contributed by atoms with van der Waals surface area (Å²) in [6, 6.07) is 17.5. The van der Waals surface area contributed by atoms with E-state index in [9.17, 15) is 19.9 Å². The van der Waals surface area contributed by atoms with Gasteiger partial charge in [0.1, 0.15) is 30.5 Å². The van der Waals surface area contributed by atoms with Crippen LogP contribution in [0.4, 0.5) is 5.95 Å². The van der Waals surface area contributed by atoms with Gasteiger partial charge in [-0.2, -0.15) is 9.97 Å². The van der Waals surface area contributed by atoms with Gasteiger partial charge < -0.3 is 39.8 Å². The molecule has 266 valence electrons. The second-order valence-corrected chi connectivity index (χ2v) is 14.3. The zero-order chi connectivity index (χ0) is 36.0. The summed E-state index contributed by atoms with van der Waals surface area (Å²) < 4.78 is 35.2. The van der Waals surface area contributed by atoms with Crippen molar-refractivity contribution in [3.8, 4) is 17.4 Å². The number of carbonyl (C=O) groups excluding carboxylic acids is 1. The highest BCUT2D eigenvalue weighted by molar-refractivity contribution is 14.1. The first kappa shape index (κ1) is 35.2. The molecule has 7 rings (SSSR count). The molecule has 1 aliphatic carbocycles. The maximum Gasteiger partial charge on any atom is 0.395 e. The number of aliphatic hydroxyl groups is 2. The van der Waals surface area contributed by atoms with Gasteiger partial charge in [-0.1, -0.05) is 59.3 Å². The van der Waals surface area contributed by atoms with Crippen LogP contribution in [0.3, 0.4) is 0 Å². The fourth-order valence-electron chi connectivity index (χ4n) is 6.40. The number of benzene rings is 3. The summed E-state index contributed by atoms with van der Waals surface area (Å²) >= 11 is 1.96. The monoisotopic (exact) mass is 828 g/mol. The third-order valence-electron chi connectivity index (χ3n) is 8.99. The molecule has 1 fully saturated rings. The molecule has 3 aromatic carbocycles. The molecule has 0 spiro atoms. The smallest absolute Gasteiger partial charge is 0.395 e. The number of anilines is 1. The highest BCUT2D eigenvalue weighted by Gasteiger charge is 2.54. The second kappa shape index (κ2) is 14.1. The number of aromatic nitrogens is 4. The maximum atomic E-state index is 13.3. The maximum absolute atomic E-state index is 13.3. The Morgan fingerprint density at radius 1 is 1.16 bits per heavy atom. The minimum absolute atomic E-state index is 0.0741. The molecule has 2 aliphatic rings. The molecular formula is C34H34IN6O9P. The number of rotatable bonds is 10. The summed E-state index contributed by atoms with van der Waals surface area (Å²) in [5.74, 6) is -0.230. The van der Waals surface area contributed by atoms with E-state index in [0.717, 1.165) is 16.5 Å². The van der Waals surface area contributed by atoms with Gasteiger partial charge in [0.15, 0.2) is 33.0 Å².